The summed E-state index contributed by atoms with van der Waals surface area (Å²) in [6.45, 7) is 6.35. The Morgan fingerprint density at radius 2 is 1.82 bits per heavy atom. The second kappa shape index (κ2) is 2.46. The predicted octanol–water partition coefficient (Wildman–Crippen LogP) is 1.24. The minimum absolute atomic E-state index is 0.176. The number of hydrogen-bond acceptors (Lipinski definition) is 2. The van der Waals surface area contributed by atoms with E-state index in [1.165, 1.54) is 12.8 Å². The molecule has 0 bridgehead atoms. The molecular formula is C9H20N2. The van der Waals surface area contributed by atoms with Crippen LogP contribution in [-0.2, 0) is 0 Å². The SMILES string of the molecule is CC1CCCC(C)(N)C1(C)N. The zero-order valence-corrected chi connectivity index (χ0v) is 7.85. The third kappa shape index (κ3) is 1.30. The Balaban J connectivity index is 2.82. The fourth-order valence-corrected chi connectivity index (χ4v) is 1.91. The van der Waals surface area contributed by atoms with E-state index in [1.54, 1.807) is 0 Å². The van der Waals surface area contributed by atoms with E-state index in [9.17, 15) is 0 Å². The van der Waals surface area contributed by atoms with E-state index in [1.807, 2.05) is 0 Å². The maximum atomic E-state index is 6.17. The van der Waals surface area contributed by atoms with Crippen molar-refractivity contribution in [2.75, 3.05) is 0 Å². The lowest BCUT2D eigenvalue weighted by molar-refractivity contribution is 0.120. The molecule has 0 aromatic rings. The van der Waals surface area contributed by atoms with Crippen LogP contribution in [0.1, 0.15) is 40.0 Å². The summed E-state index contributed by atoms with van der Waals surface area (Å²) in [6, 6.07) is 0. The standard InChI is InChI=1S/C9H20N2/c1-7-5-4-6-8(2,10)9(7,3)11/h7H,4-6,10-11H2,1-3H3. The van der Waals surface area contributed by atoms with Crippen LogP contribution < -0.4 is 11.5 Å². The van der Waals surface area contributed by atoms with Gasteiger partial charge < -0.3 is 11.5 Å². The van der Waals surface area contributed by atoms with Crippen LogP contribution in [-0.4, -0.2) is 11.1 Å². The van der Waals surface area contributed by atoms with Crippen molar-refractivity contribution in [1.82, 2.24) is 0 Å². The van der Waals surface area contributed by atoms with Gasteiger partial charge in [0.15, 0.2) is 0 Å². The van der Waals surface area contributed by atoms with Crippen LogP contribution in [0, 0.1) is 5.92 Å². The van der Waals surface area contributed by atoms with Crippen molar-refractivity contribution in [3.8, 4) is 0 Å². The second-order valence-corrected chi connectivity index (χ2v) is 4.49. The van der Waals surface area contributed by atoms with Crippen LogP contribution in [0.3, 0.4) is 0 Å². The quantitative estimate of drug-likeness (QED) is 0.554. The van der Waals surface area contributed by atoms with Crippen molar-refractivity contribution >= 4 is 0 Å². The molecule has 66 valence electrons. The van der Waals surface area contributed by atoms with Gasteiger partial charge in [0, 0.05) is 11.1 Å². The van der Waals surface area contributed by atoms with E-state index in [0.717, 1.165) is 6.42 Å². The molecule has 1 fully saturated rings. The average molecular weight is 156 g/mol. The highest BCUT2D eigenvalue weighted by Gasteiger charge is 2.44. The Bertz CT molecular complexity index is 150. The normalized spacial score (nSPS) is 52.6. The Morgan fingerprint density at radius 3 is 2.18 bits per heavy atom. The molecule has 2 nitrogen and oxygen atoms in total. The molecule has 1 saturated carbocycles. The van der Waals surface area contributed by atoms with E-state index in [4.69, 9.17) is 11.5 Å². The highest BCUT2D eigenvalue weighted by molar-refractivity contribution is 5.06. The first kappa shape index (κ1) is 9.01. The summed E-state index contributed by atoms with van der Waals surface area (Å²) in [5, 5.41) is 0. The molecule has 0 aromatic carbocycles. The topological polar surface area (TPSA) is 52.0 Å². The van der Waals surface area contributed by atoms with Gasteiger partial charge in [-0.3, -0.25) is 0 Å². The van der Waals surface area contributed by atoms with Gasteiger partial charge in [0.1, 0.15) is 0 Å². The smallest absolute Gasteiger partial charge is 0.0331 e. The fraction of sp³-hybridized carbons (Fsp3) is 1.00. The second-order valence-electron chi connectivity index (χ2n) is 4.49. The van der Waals surface area contributed by atoms with E-state index in [-0.39, 0.29) is 11.1 Å². The molecular weight excluding hydrogens is 136 g/mol. The summed E-state index contributed by atoms with van der Waals surface area (Å²) in [5.74, 6) is 0.547. The van der Waals surface area contributed by atoms with Gasteiger partial charge in [-0.2, -0.15) is 0 Å². The van der Waals surface area contributed by atoms with Crippen molar-refractivity contribution in [2.24, 2.45) is 17.4 Å². The molecule has 0 aromatic heterocycles. The Kier molecular flexibility index (Phi) is 2.01. The van der Waals surface area contributed by atoms with Crippen LogP contribution >= 0.6 is 0 Å². The van der Waals surface area contributed by atoms with Crippen LogP contribution in [0.15, 0.2) is 0 Å². The minimum Gasteiger partial charge on any atom is -0.324 e. The molecule has 0 saturated heterocycles. The highest BCUT2D eigenvalue weighted by Crippen LogP contribution is 2.37. The maximum Gasteiger partial charge on any atom is 0.0331 e. The van der Waals surface area contributed by atoms with E-state index < -0.39 is 0 Å². The van der Waals surface area contributed by atoms with Gasteiger partial charge in [-0.15, -0.1) is 0 Å². The van der Waals surface area contributed by atoms with Gasteiger partial charge in [0.2, 0.25) is 0 Å². The summed E-state index contributed by atoms with van der Waals surface area (Å²) in [4.78, 5) is 0. The van der Waals surface area contributed by atoms with Crippen molar-refractivity contribution in [3.05, 3.63) is 0 Å². The molecule has 2 heteroatoms. The zero-order chi connectivity index (χ0) is 8.70. The molecule has 0 spiro atoms. The lowest BCUT2D eigenvalue weighted by Gasteiger charge is -2.49. The van der Waals surface area contributed by atoms with Gasteiger partial charge in [0.25, 0.3) is 0 Å². The summed E-state index contributed by atoms with van der Waals surface area (Å²) >= 11 is 0. The number of rotatable bonds is 0. The lowest BCUT2D eigenvalue weighted by atomic mass is 9.64. The highest BCUT2D eigenvalue weighted by atomic mass is 14.9. The summed E-state index contributed by atoms with van der Waals surface area (Å²) in [6.07, 6.45) is 3.51. The van der Waals surface area contributed by atoms with Crippen LogP contribution in [0.2, 0.25) is 0 Å². The summed E-state index contributed by atoms with van der Waals surface area (Å²) < 4.78 is 0. The fourth-order valence-electron chi connectivity index (χ4n) is 1.91. The largest absolute Gasteiger partial charge is 0.324 e. The van der Waals surface area contributed by atoms with Crippen LogP contribution in [0.4, 0.5) is 0 Å². The third-order valence-electron chi connectivity index (χ3n) is 3.59. The molecule has 3 unspecified atom stereocenters. The maximum absolute atomic E-state index is 6.17. The minimum atomic E-state index is -0.189. The van der Waals surface area contributed by atoms with Gasteiger partial charge >= 0.3 is 0 Å². The van der Waals surface area contributed by atoms with E-state index in [0.29, 0.717) is 5.92 Å². The first-order valence-electron chi connectivity index (χ1n) is 4.46. The van der Waals surface area contributed by atoms with Crippen LogP contribution in [0.25, 0.3) is 0 Å². The zero-order valence-electron chi connectivity index (χ0n) is 7.85. The first-order valence-corrected chi connectivity index (χ1v) is 4.46. The molecule has 11 heavy (non-hydrogen) atoms. The van der Waals surface area contributed by atoms with E-state index in [2.05, 4.69) is 20.8 Å². The summed E-state index contributed by atoms with van der Waals surface area (Å²) in [5.41, 5.74) is 11.9. The molecule has 3 atom stereocenters. The number of hydrogen-bond donors (Lipinski definition) is 2. The molecule has 0 radical (unpaired) electrons. The average Bonchev–Trinajstić information content (AvgIpc) is 1.84. The molecule has 0 amide bonds. The summed E-state index contributed by atoms with van der Waals surface area (Å²) in [7, 11) is 0. The monoisotopic (exact) mass is 156 g/mol. The Labute approximate surface area is 69.3 Å². The van der Waals surface area contributed by atoms with Crippen molar-refractivity contribution in [3.63, 3.8) is 0 Å². The molecule has 4 N–H and O–H groups in total. The van der Waals surface area contributed by atoms with Crippen molar-refractivity contribution in [1.29, 1.82) is 0 Å². The van der Waals surface area contributed by atoms with Gasteiger partial charge in [-0.25, -0.2) is 0 Å². The molecule has 1 aliphatic rings. The van der Waals surface area contributed by atoms with Gasteiger partial charge in [-0.05, 0) is 32.6 Å². The molecule has 0 aliphatic heterocycles. The van der Waals surface area contributed by atoms with Crippen molar-refractivity contribution < 1.29 is 0 Å². The molecule has 1 rings (SSSR count). The van der Waals surface area contributed by atoms with Crippen LogP contribution in [0.5, 0.6) is 0 Å². The Morgan fingerprint density at radius 1 is 1.27 bits per heavy atom. The predicted molar refractivity (Wildman–Crippen MR) is 48.2 cm³/mol. The van der Waals surface area contributed by atoms with Gasteiger partial charge in [0.05, 0.1) is 0 Å². The lowest BCUT2D eigenvalue weighted by Crippen LogP contribution is -2.67. The number of nitrogens with two attached hydrogens (primary N) is 2. The van der Waals surface area contributed by atoms with E-state index >= 15 is 0 Å². The first-order chi connectivity index (χ1) is 4.88. The third-order valence-corrected chi connectivity index (χ3v) is 3.59. The van der Waals surface area contributed by atoms with Crippen molar-refractivity contribution in [2.45, 2.75) is 51.1 Å². The molecule has 0 heterocycles. The van der Waals surface area contributed by atoms with Gasteiger partial charge in [-0.1, -0.05) is 13.3 Å². The Hall–Kier alpha value is -0.0800. The molecule has 1 aliphatic carbocycles.